The van der Waals surface area contributed by atoms with E-state index in [1.165, 1.54) is 13.2 Å². The van der Waals surface area contributed by atoms with Crippen LogP contribution < -0.4 is 19.9 Å². The highest BCUT2D eigenvalue weighted by Gasteiger charge is 2.45. The van der Waals surface area contributed by atoms with Crippen molar-refractivity contribution in [1.29, 1.82) is 0 Å². The average Bonchev–Trinajstić information content (AvgIpc) is 3.73. The number of aryl methyl sites for hydroxylation is 1. The number of aromatic nitrogens is 2. The zero-order valence-electron chi connectivity index (χ0n) is 31.6. The summed E-state index contributed by atoms with van der Waals surface area (Å²) in [5.41, 5.74) is 2.73. The van der Waals surface area contributed by atoms with E-state index in [1.807, 2.05) is 18.1 Å². The summed E-state index contributed by atoms with van der Waals surface area (Å²) >= 11 is 0. The second kappa shape index (κ2) is 15.3. The molecule has 1 unspecified atom stereocenters. The minimum absolute atomic E-state index is 0.0210. The van der Waals surface area contributed by atoms with E-state index in [-0.39, 0.29) is 41.1 Å². The van der Waals surface area contributed by atoms with Crippen LogP contribution in [0.25, 0.3) is 11.1 Å². The Kier molecular flexibility index (Phi) is 10.2. The summed E-state index contributed by atoms with van der Waals surface area (Å²) in [6.45, 7) is 7.62. The first kappa shape index (κ1) is 37.5. The van der Waals surface area contributed by atoms with Gasteiger partial charge in [-0.1, -0.05) is 0 Å². The van der Waals surface area contributed by atoms with E-state index in [9.17, 15) is 29.3 Å². The van der Waals surface area contributed by atoms with E-state index >= 15 is 4.39 Å². The topological polar surface area (TPSA) is 167 Å². The summed E-state index contributed by atoms with van der Waals surface area (Å²) in [4.78, 5) is 72.1. The molecule has 17 heteroatoms. The normalized spacial score (nSPS) is 21.8. The summed E-state index contributed by atoms with van der Waals surface area (Å²) in [5, 5.41) is 18.3. The van der Waals surface area contributed by atoms with E-state index in [4.69, 9.17) is 4.74 Å². The average molecular weight is 772 g/mol. The van der Waals surface area contributed by atoms with Gasteiger partial charge in [-0.15, -0.1) is 0 Å². The van der Waals surface area contributed by atoms with Crippen molar-refractivity contribution in [2.45, 2.75) is 50.6 Å². The molecular weight excluding hydrogens is 725 g/mol. The summed E-state index contributed by atoms with van der Waals surface area (Å²) in [7, 11) is 3.28. The molecule has 56 heavy (non-hydrogen) atoms. The fourth-order valence-electron chi connectivity index (χ4n) is 9.15. The van der Waals surface area contributed by atoms with Crippen LogP contribution in [0.15, 0.2) is 36.7 Å². The van der Waals surface area contributed by atoms with Crippen molar-refractivity contribution >= 4 is 40.7 Å². The highest BCUT2D eigenvalue weighted by Crippen LogP contribution is 2.41. The SMILES string of the molecule is COc1cc(N2CCN(C3CCN(CC4CCN(c5cc6c(cc5F)C(=O)N(C5CCC(=O)NC5=O)C6=O)CC4)CC3)CC2)c(-c2cnn(C)c2)cc1[N+](=O)[O-]. The number of ether oxygens (including phenoxy) is 1. The summed E-state index contributed by atoms with van der Waals surface area (Å²) in [6.07, 6.45) is 7.57. The zero-order chi connectivity index (χ0) is 39.2. The lowest BCUT2D eigenvalue weighted by atomic mass is 9.93. The third-order valence-corrected chi connectivity index (χ3v) is 12.2. The number of nitro benzene ring substituents is 1. The Morgan fingerprint density at radius 1 is 0.857 bits per heavy atom. The van der Waals surface area contributed by atoms with Crippen LogP contribution in [0, 0.1) is 21.8 Å². The van der Waals surface area contributed by atoms with Crippen molar-refractivity contribution in [3.8, 4) is 16.9 Å². The number of piperidine rings is 3. The van der Waals surface area contributed by atoms with E-state index in [1.54, 1.807) is 23.0 Å². The Hall–Kier alpha value is -5.42. The van der Waals surface area contributed by atoms with Crippen LogP contribution in [0.5, 0.6) is 5.75 Å². The molecule has 4 amide bonds. The van der Waals surface area contributed by atoms with Crippen LogP contribution in [0.4, 0.5) is 21.5 Å². The first-order chi connectivity index (χ1) is 27.0. The molecule has 1 atom stereocenters. The molecule has 0 spiro atoms. The molecule has 4 fully saturated rings. The van der Waals surface area contributed by atoms with Crippen LogP contribution in [-0.4, -0.2) is 131 Å². The number of anilines is 2. The number of fused-ring (bicyclic) bond motifs is 1. The van der Waals surface area contributed by atoms with Crippen LogP contribution in [-0.2, 0) is 16.6 Å². The molecule has 1 N–H and O–H groups in total. The Morgan fingerprint density at radius 3 is 2.16 bits per heavy atom. The highest BCUT2D eigenvalue weighted by molar-refractivity contribution is 6.23. The molecule has 0 saturated carbocycles. The first-order valence-corrected chi connectivity index (χ1v) is 19.4. The van der Waals surface area contributed by atoms with Crippen molar-refractivity contribution < 1.29 is 33.2 Å². The molecular formula is C39H46FN9O7. The van der Waals surface area contributed by atoms with Gasteiger partial charge in [0.25, 0.3) is 11.8 Å². The minimum Gasteiger partial charge on any atom is -0.490 e. The smallest absolute Gasteiger partial charge is 0.311 e. The van der Waals surface area contributed by atoms with Gasteiger partial charge in [0.15, 0.2) is 5.75 Å². The molecule has 1 aromatic heterocycles. The number of imide groups is 2. The van der Waals surface area contributed by atoms with Gasteiger partial charge in [0, 0.05) is 100 Å². The number of piperazine rings is 1. The van der Waals surface area contributed by atoms with Gasteiger partial charge in [0.05, 0.1) is 35.0 Å². The first-order valence-electron chi connectivity index (χ1n) is 19.4. The Morgan fingerprint density at radius 2 is 1.54 bits per heavy atom. The number of hydrogen-bond acceptors (Lipinski definition) is 12. The van der Waals surface area contributed by atoms with Crippen LogP contribution in [0.3, 0.4) is 0 Å². The quantitative estimate of drug-likeness (QED) is 0.192. The zero-order valence-corrected chi connectivity index (χ0v) is 31.6. The van der Waals surface area contributed by atoms with E-state index in [0.717, 1.165) is 99.3 Å². The van der Waals surface area contributed by atoms with Crippen molar-refractivity contribution in [1.82, 2.24) is 29.8 Å². The maximum atomic E-state index is 15.5. The minimum atomic E-state index is -1.09. The van der Waals surface area contributed by atoms with E-state index < -0.39 is 40.4 Å². The number of carbonyl (C=O) groups excluding carboxylic acids is 4. The molecule has 3 aromatic rings. The highest BCUT2D eigenvalue weighted by atomic mass is 19.1. The van der Waals surface area contributed by atoms with Gasteiger partial charge in [-0.2, -0.15) is 5.10 Å². The third-order valence-electron chi connectivity index (χ3n) is 12.2. The summed E-state index contributed by atoms with van der Waals surface area (Å²) < 4.78 is 22.6. The number of rotatable bonds is 9. The van der Waals surface area contributed by atoms with Crippen LogP contribution in [0.2, 0.25) is 0 Å². The van der Waals surface area contributed by atoms with Gasteiger partial charge >= 0.3 is 5.69 Å². The maximum Gasteiger partial charge on any atom is 0.311 e. The number of carbonyl (C=O) groups is 4. The molecule has 4 saturated heterocycles. The van der Waals surface area contributed by atoms with E-state index in [2.05, 4.69) is 25.1 Å². The summed E-state index contributed by atoms with van der Waals surface area (Å²) in [6, 6.07) is 5.33. The second-order valence-electron chi connectivity index (χ2n) is 15.5. The fraction of sp³-hybridized carbons (Fsp3) is 0.513. The number of halogens is 1. The van der Waals surface area contributed by atoms with Crippen molar-refractivity contribution in [2.75, 3.05) is 75.8 Å². The number of methoxy groups -OCH3 is 1. The molecule has 0 bridgehead atoms. The number of amides is 4. The molecule has 2 aromatic carbocycles. The van der Waals surface area contributed by atoms with Gasteiger partial charge in [-0.05, 0) is 63.2 Å². The van der Waals surface area contributed by atoms with Gasteiger partial charge in [0.2, 0.25) is 11.8 Å². The fourth-order valence-corrected chi connectivity index (χ4v) is 9.15. The predicted molar refractivity (Wildman–Crippen MR) is 203 cm³/mol. The van der Waals surface area contributed by atoms with Crippen LogP contribution >= 0.6 is 0 Å². The largest absolute Gasteiger partial charge is 0.490 e. The van der Waals surface area contributed by atoms with Gasteiger partial charge in [-0.25, -0.2) is 4.39 Å². The second-order valence-corrected chi connectivity index (χ2v) is 15.5. The number of benzene rings is 2. The molecule has 5 aliphatic rings. The van der Waals surface area contributed by atoms with Crippen LogP contribution in [0.1, 0.15) is 59.2 Å². The van der Waals surface area contributed by atoms with Gasteiger partial charge in [-0.3, -0.25) is 49.1 Å². The number of hydrogen-bond donors (Lipinski definition) is 1. The molecule has 8 rings (SSSR count). The number of nitro groups is 1. The lowest BCUT2D eigenvalue weighted by Gasteiger charge is -2.44. The lowest BCUT2D eigenvalue weighted by Crippen LogP contribution is -2.54. The molecule has 0 radical (unpaired) electrons. The molecule has 6 heterocycles. The van der Waals surface area contributed by atoms with Gasteiger partial charge in [0.1, 0.15) is 11.9 Å². The molecule has 0 aliphatic carbocycles. The maximum absolute atomic E-state index is 15.5. The monoisotopic (exact) mass is 771 g/mol. The summed E-state index contributed by atoms with van der Waals surface area (Å²) in [5.74, 6) is -2.37. The molecule has 296 valence electrons. The Bertz CT molecular complexity index is 2070. The van der Waals surface area contributed by atoms with E-state index in [0.29, 0.717) is 25.0 Å². The van der Waals surface area contributed by atoms with Crippen molar-refractivity contribution in [3.63, 3.8) is 0 Å². The number of nitrogens with zero attached hydrogens (tertiary/aromatic N) is 8. The lowest BCUT2D eigenvalue weighted by molar-refractivity contribution is -0.385. The van der Waals surface area contributed by atoms with Crippen molar-refractivity contribution in [3.05, 3.63) is 63.7 Å². The number of likely N-dealkylation sites (tertiary alicyclic amines) is 1. The molecule has 5 aliphatic heterocycles. The Balaban J connectivity index is 0.826. The standard InChI is InChI=1S/C39H46FN9O7/c1-43-23-25(21-41-43)27-18-34(49(54)55)35(56-2)20-32(27)47-15-13-45(14-16-47)26-7-9-44(10-8-26)22-24-5-11-46(12-6-24)33-19-29-28(17-30(33)40)38(52)48(39(29)53)31-3-4-36(50)42-37(31)51/h17-21,23-24,26,31H,3-16,22H2,1-2H3,(H,42,50,51). The van der Waals surface area contributed by atoms with Crippen molar-refractivity contribution in [2.24, 2.45) is 13.0 Å². The third kappa shape index (κ3) is 7.09. The number of nitrogens with one attached hydrogen (secondary N) is 1. The predicted octanol–water partition coefficient (Wildman–Crippen LogP) is 3.05. The van der Waals surface area contributed by atoms with Gasteiger partial charge < -0.3 is 19.4 Å². The molecule has 16 nitrogen and oxygen atoms in total. The Labute approximate surface area is 323 Å².